The summed E-state index contributed by atoms with van der Waals surface area (Å²) in [5, 5.41) is 12.5. The number of anilines is 1. The molecule has 0 saturated carbocycles. The zero-order valence-corrected chi connectivity index (χ0v) is 14.8. The Kier molecular flexibility index (Phi) is 5.60. The third-order valence-corrected chi connectivity index (χ3v) is 4.37. The molecule has 0 N–H and O–H groups in total. The first-order valence-corrected chi connectivity index (χ1v) is 8.60. The van der Waals surface area contributed by atoms with Gasteiger partial charge in [0.1, 0.15) is 0 Å². The molecule has 3 rings (SSSR count). The summed E-state index contributed by atoms with van der Waals surface area (Å²) in [5.74, 6) is 0.335. The number of hydrogen-bond donors (Lipinski definition) is 0. The summed E-state index contributed by atoms with van der Waals surface area (Å²) in [6.07, 6.45) is 5.12. The van der Waals surface area contributed by atoms with Crippen LogP contribution in [0.4, 0.5) is 5.82 Å². The molecule has 0 bridgehead atoms. The lowest BCUT2D eigenvalue weighted by molar-refractivity contribution is 0.0592. The molecule has 2 aromatic heterocycles. The van der Waals surface area contributed by atoms with Crippen molar-refractivity contribution >= 4 is 11.8 Å². The number of aryl methyl sites for hydroxylation is 1. The van der Waals surface area contributed by atoms with E-state index >= 15 is 0 Å². The van der Waals surface area contributed by atoms with Gasteiger partial charge in [0.05, 0.1) is 13.3 Å². The minimum absolute atomic E-state index is 0.232. The molecule has 0 spiro atoms. The monoisotopic (exact) mass is 344 g/mol. The van der Waals surface area contributed by atoms with Gasteiger partial charge in [0.15, 0.2) is 11.5 Å². The van der Waals surface area contributed by atoms with Crippen LogP contribution in [0.5, 0.6) is 0 Å². The Labute approximate surface area is 147 Å². The quantitative estimate of drug-likeness (QED) is 0.754. The van der Waals surface area contributed by atoms with Crippen LogP contribution in [0, 0.1) is 0 Å². The van der Waals surface area contributed by atoms with E-state index in [0.29, 0.717) is 0 Å². The summed E-state index contributed by atoms with van der Waals surface area (Å²) in [6, 6.07) is 3.50. The van der Waals surface area contributed by atoms with E-state index in [1.54, 1.807) is 6.07 Å². The van der Waals surface area contributed by atoms with E-state index in [4.69, 9.17) is 0 Å². The Balaban J connectivity index is 1.58. The van der Waals surface area contributed by atoms with Crippen molar-refractivity contribution in [1.29, 1.82) is 0 Å². The third kappa shape index (κ3) is 4.33. The standard InChI is InChI=1S/C17H24N6O2/c1-3-23-13-14(11-18-23)12-21-7-4-8-22(10-9-21)16-6-5-15(19-20-16)17(24)25-2/h5-6,11,13H,3-4,7-10,12H2,1-2H3. The first kappa shape index (κ1) is 17.3. The zero-order chi connectivity index (χ0) is 17.6. The summed E-state index contributed by atoms with van der Waals surface area (Å²) in [7, 11) is 1.34. The van der Waals surface area contributed by atoms with Gasteiger partial charge in [-0.1, -0.05) is 0 Å². The smallest absolute Gasteiger partial charge is 0.358 e. The second kappa shape index (κ2) is 8.06. The number of aromatic nitrogens is 4. The summed E-state index contributed by atoms with van der Waals surface area (Å²) in [4.78, 5) is 16.1. The molecule has 1 saturated heterocycles. The zero-order valence-electron chi connectivity index (χ0n) is 14.8. The lowest BCUT2D eigenvalue weighted by Crippen LogP contribution is -2.31. The van der Waals surface area contributed by atoms with Gasteiger partial charge in [-0.15, -0.1) is 10.2 Å². The van der Waals surface area contributed by atoms with Crippen molar-refractivity contribution in [2.24, 2.45) is 0 Å². The van der Waals surface area contributed by atoms with Crippen LogP contribution in [0.2, 0.25) is 0 Å². The molecule has 0 amide bonds. The van der Waals surface area contributed by atoms with Crippen molar-refractivity contribution in [3.05, 3.63) is 35.8 Å². The van der Waals surface area contributed by atoms with Crippen molar-refractivity contribution in [2.75, 3.05) is 38.2 Å². The molecule has 1 fully saturated rings. The van der Waals surface area contributed by atoms with E-state index in [-0.39, 0.29) is 5.69 Å². The fourth-order valence-corrected chi connectivity index (χ4v) is 2.98. The Morgan fingerprint density at radius 3 is 2.76 bits per heavy atom. The van der Waals surface area contributed by atoms with Gasteiger partial charge in [0, 0.05) is 51.0 Å². The van der Waals surface area contributed by atoms with Crippen LogP contribution >= 0.6 is 0 Å². The maximum Gasteiger partial charge on any atom is 0.358 e. The molecule has 0 aliphatic carbocycles. The molecule has 3 heterocycles. The van der Waals surface area contributed by atoms with Gasteiger partial charge in [-0.3, -0.25) is 9.58 Å². The van der Waals surface area contributed by atoms with Crippen LogP contribution in [-0.2, 0) is 17.8 Å². The highest BCUT2D eigenvalue weighted by Crippen LogP contribution is 2.15. The Morgan fingerprint density at radius 2 is 2.08 bits per heavy atom. The van der Waals surface area contributed by atoms with Crippen LogP contribution in [0.25, 0.3) is 0 Å². The highest BCUT2D eigenvalue weighted by atomic mass is 16.5. The molecule has 25 heavy (non-hydrogen) atoms. The molecule has 0 atom stereocenters. The molecule has 0 aromatic carbocycles. The van der Waals surface area contributed by atoms with Crippen LogP contribution in [0.3, 0.4) is 0 Å². The molecule has 0 unspecified atom stereocenters. The van der Waals surface area contributed by atoms with Crippen molar-refractivity contribution in [2.45, 2.75) is 26.4 Å². The minimum Gasteiger partial charge on any atom is -0.464 e. The summed E-state index contributed by atoms with van der Waals surface area (Å²) >= 11 is 0. The van der Waals surface area contributed by atoms with Gasteiger partial charge in [-0.05, 0) is 25.5 Å². The fraction of sp³-hybridized carbons (Fsp3) is 0.529. The average Bonchev–Trinajstić information content (AvgIpc) is 2.98. The number of methoxy groups -OCH3 is 1. The van der Waals surface area contributed by atoms with Crippen LogP contribution in [0.1, 0.15) is 29.4 Å². The number of carbonyl (C=O) groups excluding carboxylic acids is 1. The molecule has 1 aliphatic rings. The Morgan fingerprint density at radius 1 is 1.20 bits per heavy atom. The second-order valence-corrected chi connectivity index (χ2v) is 6.09. The number of ether oxygens (including phenoxy) is 1. The SMILES string of the molecule is CCn1cc(CN2CCCN(c3ccc(C(=O)OC)nn3)CC2)cn1. The minimum atomic E-state index is -0.464. The van der Waals surface area contributed by atoms with Gasteiger partial charge in [-0.25, -0.2) is 4.79 Å². The maximum atomic E-state index is 11.4. The maximum absolute atomic E-state index is 11.4. The first-order valence-electron chi connectivity index (χ1n) is 8.60. The number of esters is 1. The second-order valence-electron chi connectivity index (χ2n) is 6.09. The van der Waals surface area contributed by atoms with Gasteiger partial charge in [-0.2, -0.15) is 5.10 Å². The molecular formula is C17H24N6O2. The third-order valence-electron chi connectivity index (χ3n) is 4.37. The van der Waals surface area contributed by atoms with Gasteiger partial charge in [0.2, 0.25) is 0 Å². The van der Waals surface area contributed by atoms with Crippen LogP contribution in [0.15, 0.2) is 24.5 Å². The van der Waals surface area contributed by atoms with Gasteiger partial charge in [0.25, 0.3) is 0 Å². The van der Waals surface area contributed by atoms with E-state index in [9.17, 15) is 4.79 Å². The predicted octanol–water partition coefficient (Wildman–Crippen LogP) is 1.19. The molecule has 8 nitrogen and oxygen atoms in total. The lowest BCUT2D eigenvalue weighted by Gasteiger charge is -2.22. The number of carbonyl (C=O) groups is 1. The van der Waals surface area contributed by atoms with Crippen molar-refractivity contribution in [1.82, 2.24) is 24.9 Å². The fourth-order valence-electron chi connectivity index (χ4n) is 2.98. The predicted molar refractivity (Wildman–Crippen MR) is 93.4 cm³/mol. The Bertz CT molecular complexity index is 699. The van der Waals surface area contributed by atoms with Crippen molar-refractivity contribution < 1.29 is 9.53 Å². The van der Waals surface area contributed by atoms with E-state index in [1.165, 1.54) is 12.7 Å². The molecule has 0 radical (unpaired) electrons. The van der Waals surface area contributed by atoms with E-state index in [1.807, 2.05) is 16.9 Å². The summed E-state index contributed by atoms with van der Waals surface area (Å²) in [6.45, 7) is 7.71. The largest absolute Gasteiger partial charge is 0.464 e. The van der Waals surface area contributed by atoms with E-state index in [0.717, 1.165) is 51.5 Å². The topological polar surface area (TPSA) is 76.4 Å². The first-order chi connectivity index (χ1) is 12.2. The number of hydrogen-bond acceptors (Lipinski definition) is 7. The van der Waals surface area contributed by atoms with Crippen LogP contribution in [-0.4, -0.2) is 64.1 Å². The Hall–Kier alpha value is -2.48. The molecule has 8 heteroatoms. The molecule has 1 aliphatic heterocycles. The van der Waals surface area contributed by atoms with E-state index < -0.39 is 5.97 Å². The molecular weight excluding hydrogens is 320 g/mol. The number of nitrogens with zero attached hydrogens (tertiary/aromatic N) is 6. The van der Waals surface area contributed by atoms with Gasteiger partial charge < -0.3 is 9.64 Å². The molecule has 134 valence electrons. The summed E-state index contributed by atoms with van der Waals surface area (Å²) in [5.41, 5.74) is 1.48. The summed E-state index contributed by atoms with van der Waals surface area (Å²) < 4.78 is 6.61. The van der Waals surface area contributed by atoms with Crippen LogP contribution < -0.4 is 4.90 Å². The lowest BCUT2D eigenvalue weighted by atomic mass is 10.3. The highest BCUT2D eigenvalue weighted by molar-refractivity contribution is 5.86. The van der Waals surface area contributed by atoms with Crippen molar-refractivity contribution in [3.63, 3.8) is 0 Å². The van der Waals surface area contributed by atoms with E-state index in [2.05, 4.69) is 43.0 Å². The molecule has 2 aromatic rings. The number of rotatable bonds is 5. The van der Waals surface area contributed by atoms with Gasteiger partial charge >= 0.3 is 5.97 Å². The normalized spacial score (nSPS) is 15.8. The van der Waals surface area contributed by atoms with Crippen molar-refractivity contribution in [3.8, 4) is 0 Å². The average molecular weight is 344 g/mol. The highest BCUT2D eigenvalue weighted by Gasteiger charge is 2.18.